The number of carbonyl (C=O) groups is 2. The smallest absolute Gasteiger partial charge is 0.323 e. The molecule has 0 fully saturated rings. The Kier molecular flexibility index (Phi) is 8.79. The zero-order chi connectivity index (χ0) is 19.6. The highest BCUT2D eigenvalue weighted by Crippen LogP contribution is 2.38. The van der Waals surface area contributed by atoms with E-state index in [1.807, 2.05) is 12.1 Å². The van der Waals surface area contributed by atoms with Crippen molar-refractivity contribution in [2.75, 3.05) is 13.2 Å². The summed E-state index contributed by atoms with van der Waals surface area (Å²) in [5, 5.41) is 9.16. The lowest BCUT2D eigenvalue weighted by Gasteiger charge is -2.29. The number of hydrogen-bond donors (Lipinski definition) is 1. The maximum atomic E-state index is 12.7. The fourth-order valence-electron chi connectivity index (χ4n) is 2.72. The second kappa shape index (κ2) is 10.6. The predicted molar refractivity (Wildman–Crippen MR) is 101 cm³/mol. The molecule has 0 radical (unpaired) electrons. The van der Waals surface area contributed by atoms with Crippen LogP contribution < -0.4 is 0 Å². The molecule has 0 saturated carbocycles. The number of carbonyl (C=O) groups excluding carboxylic acids is 2. The maximum absolute atomic E-state index is 12.7. The van der Waals surface area contributed by atoms with Gasteiger partial charge in [-0.2, -0.15) is 0 Å². The van der Waals surface area contributed by atoms with Crippen LogP contribution in [0.1, 0.15) is 44.2 Å². The van der Waals surface area contributed by atoms with Crippen LogP contribution in [0, 0.1) is 5.41 Å². The van der Waals surface area contributed by atoms with E-state index in [0.29, 0.717) is 12.0 Å². The van der Waals surface area contributed by atoms with Crippen molar-refractivity contribution >= 4 is 17.5 Å². The van der Waals surface area contributed by atoms with E-state index in [1.54, 1.807) is 32.1 Å². The van der Waals surface area contributed by atoms with Crippen molar-refractivity contribution in [3.8, 4) is 0 Å². The van der Waals surface area contributed by atoms with E-state index < -0.39 is 17.4 Å². The van der Waals surface area contributed by atoms with Gasteiger partial charge in [0, 0.05) is 0 Å². The molecule has 0 heterocycles. The Bertz CT molecular complexity index is 612. The first-order valence-electron chi connectivity index (χ1n) is 8.78. The Morgan fingerprint density at radius 1 is 1.12 bits per heavy atom. The molecule has 1 N–H and O–H groups in total. The van der Waals surface area contributed by atoms with Gasteiger partial charge in [0.1, 0.15) is 0 Å². The summed E-state index contributed by atoms with van der Waals surface area (Å²) in [6, 6.07) is 7.17. The van der Waals surface area contributed by atoms with Gasteiger partial charge in [-0.05, 0) is 49.8 Å². The van der Waals surface area contributed by atoms with E-state index in [9.17, 15) is 9.59 Å². The summed E-state index contributed by atoms with van der Waals surface area (Å²) >= 11 is 0. The van der Waals surface area contributed by atoms with Crippen LogP contribution in [-0.2, 0) is 25.7 Å². The molecule has 26 heavy (non-hydrogen) atoms. The van der Waals surface area contributed by atoms with E-state index in [-0.39, 0.29) is 32.7 Å². The highest BCUT2D eigenvalue weighted by Gasteiger charge is 2.48. The van der Waals surface area contributed by atoms with Gasteiger partial charge >= 0.3 is 11.9 Å². The standard InChI is InChI=1S/C21H28O5/c1-5-8-13-21(19(23)25-6-2,20(24)26-7-3)14-16(4)18-11-9-17(15-22)10-12-18/h5,9-12,22H,1,4,6-8,13-15H2,2-3H3. The number of esters is 2. The van der Waals surface area contributed by atoms with E-state index in [4.69, 9.17) is 14.6 Å². The minimum Gasteiger partial charge on any atom is -0.465 e. The van der Waals surface area contributed by atoms with Gasteiger partial charge in [0.2, 0.25) is 0 Å². The summed E-state index contributed by atoms with van der Waals surface area (Å²) in [6.07, 6.45) is 2.46. The summed E-state index contributed by atoms with van der Waals surface area (Å²) in [5.74, 6) is -1.21. The number of benzene rings is 1. The molecule has 0 bridgehead atoms. The number of aliphatic hydroxyl groups excluding tert-OH is 1. The quantitative estimate of drug-likeness (QED) is 0.370. The van der Waals surface area contributed by atoms with Gasteiger partial charge in [-0.1, -0.05) is 36.9 Å². The Morgan fingerprint density at radius 2 is 1.65 bits per heavy atom. The van der Waals surface area contributed by atoms with E-state index in [2.05, 4.69) is 13.2 Å². The van der Waals surface area contributed by atoms with Crippen molar-refractivity contribution in [3.05, 3.63) is 54.6 Å². The van der Waals surface area contributed by atoms with Crippen molar-refractivity contribution in [2.24, 2.45) is 5.41 Å². The molecule has 5 nitrogen and oxygen atoms in total. The summed E-state index contributed by atoms with van der Waals surface area (Å²) < 4.78 is 10.4. The largest absolute Gasteiger partial charge is 0.465 e. The molecule has 1 aromatic carbocycles. The zero-order valence-electron chi connectivity index (χ0n) is 15.6. The summed E-state index contributed by atoms with van der Waals surface area (Å²) in [5.41, 5.74) is 0.737. The first-order chi connectivity index (χ1) is 12.4. The lowest BCUT2D eigenvalue weighted by Crippen LogP contribution is -2.42. The average Bonchev–Trinajstić information content (AvgIpc) is 2.65. The molecular weight excluding hydrogens is 332 g/mol. The van der Waals surface area contributed by atoms with Crippen LogP contribution in [0.4, 0.5) is 0 Å². The van der Waals surface area contributed by atoms with Crippen LogP contribution in [0.3, 0.4) is 0 Å². The van der Waals surface area contributed by atoms with E-state index in [0.717, 1.165) is 11.1 Å². The van der Waals surface area contributed by atoms with Crippen molar-refractivity contribution in [2.45, 2.75) is 39.7 Å². The Balaban J connectivity index is 3.21. The number of aliphatic hydroxyl groups is 1. The van der Waals surface area contributed by atoms with Gasteiger partial charge in [0.25, 0.3) is 0 Å². The number of rotatable bonds is 11. The molecule has 1 rings (SSSR count). The molecule has 142 valence electrons. The third kappa shape index (κ3) is 5.30. The van der Waals surface area contributed by atoms with E-state index in [1.165, 1.54) is 0 Å². The van der Waals surface area contributed by atoms with Gasteiger partial charge in [-0.15, -0.1) is 6.58 Å². The fraction of sp³-hybridized carbons (Fsp3) is 0.429. The Labute approximate surface area is 155 Å². The molecule has 0 amide bonds. The van der Waals surface area contributed by atoms with Crippen LogP contribution in [0.25, 0.3) is 5.57 Å². The summed E-state index contributed by atoms with van der Waals surface area (Å²) in [4.78, 5) is 25.4. The molecule has 1 aromatic rings. The summed E-state index contributed by atoms with van der Waals surface area (Å²) in [7, 11) is 0. The first kappa shape index (κ1) is 21.6. The SMILES string of the molecule is C=CCCC(CC(=C)c1ccc(CO)cc1)(C(=O)OCC)C(=O)OCC. The Morgan fingerprint density at radius 3 is 2.08 bits per heavy atom. The fourth-order valence-corrected chi connectivity index (χ4v) is 2.72. The van der Waals surface area contributed by atoms with E-state index >= 15 is 0 Å². The van der Waals surface area contributed by atoms with Crippen molar-refractivity contribution < 1.29 is 24.2 Å². The second-order valence-corrected chi connectivity index (χ2v) is 5.99. The van der Waals surface area contributed by atoms with Crippen molar-refractivity contribution in [3.63, 3.8) is 0 Å². The van der Waals surface area contributed by atoms with Crippen LogP contribution in [0.5, 0.6) is 0 Å². The second-order valence-electron chi connectivity index (χ2n) is 5.99. The lowest BCUT2D eigenvalue weighted by molar-refractivity contribution is -0.172. The highest BCUT2D eigenvalue weighted by atomic mass is 16.6. The van der Waals surface area contributed by atoms with Crippen molar-refractivity contribution in [1.29, 1.82) is 0 Å². The third-order valence-electron chi connectivity index (χ3n) is 4.17. The first-order valence-corrected chi connectivity index (χ1v) is 8.78. The molecule has 0 aliphatic rings. The number of ether oxygens (including phenoxy) is 2. The van der Waals surface area contributed by atoms with Crippen LogP contribution in [0.15, 0.2) is 43.5 Å². The van der Waals surface area contributed by atoms with Gasteiger partial charge in [-0.3, -0.25) is 9.59 Å². The van der Waals surface area contributed by atoms with Crippen LogP contribution >= 0.6 is 0 Å². The molecular formula is C21H28O5. The van der Waals surface area contributed by atoms with Gasteiger partial charge < -0.3 is 14.6 Å². The number of hydrogen-bond acceptors (Lipinski definition) is 5. The Hall–Kier alpha value is -2.40. The molecule has 0 atom stereocenters. The molecule has 0 unspecified atom stereocenters. The molecule has 5 heteroatoms. The van der Waals surface area contributed by atoms with Gasteiger partial charge in [-0.25, -0.2) is 0 Å². The third-order valence-corrected chi connectivity index (χ3v) is 4.17. The minimum absolute atomic E-state index is 0.0539. The monoisotopic (exact) mass is 360 g/mol. The van der Waals surface area contributed by atoms with Crippen LogP contribution in [-0.4, -0.2) is 30.3 Å². The van der Waals surface area contributed by atoms with Gasteiger partial charge in [0.15, 0.2) is 5.41 Å². The molecule has 0 aromatic heterocycles. The molecule has 0 aliphatic heterocycles. The number of allylic oxidation sites excluding steroid dienone is 2. The van der Waals surface area contributed by atoms with Crippen molar-refractivity contribution in [1.82, 2.24) is 0 Å². The highest BCUT2D eigenvalue weighted by molar-refractivity contribution is 6.01. The summed E-state index contributed by atoms with van der Waals surface area (Å²) in [6.45, 7) is 11.4. The maximum Gasteiger partial charge on any atom is 0.323 e. The molecule has 0 saturated heterocycles. The zero-order valence-corrected chi connectivity index (χ0v) is 15.6. The molecule has 0 aliphatic carbocycles. The predicted octanol–water partition coefficient (Wildman–Crippen LogP) is 3.66. The van der Waals surface area contributed by atoms with Gasteiger partial charge in [0.05, 0.1) is 19.8 Å². The average molecular weight is 360 g/mol. The lowest BCUT2D eigenvalue weighted by atomic mass is 9.76. The molecule has 0 spiro atoms. The van der Waals surface area contributed by atoms with Crippen LogP contribution in [0.2, 0.25) is 0 Å². The minimum atomic E-state index is -1.45. The topological polar surface area (TPSA) is 72.8 Å². The normalized spacial score (nSPS) is 10.9.